The number of carboxylic acids is 1. The van der Waals surface area contributed by atoms with Crippen LogP contribution in [0.2, 0.25) is 5.02 Å². The summed E-state index contributed by atoms with van der Waals surface area (Å²) in [5.41, 5.74) is 7.99. The second-order valence-corrected chi connectivity index (χ2v) is 12.2. The Balaban J connectivity index is 0.000000386. The lowest BCUT2D eigenvalue weighted by Crippen LogP contribution is -2.46. The Morgan fingerprint density at radius 1 is 0.907 bits per heavy atom. The average molecular weight is 602 g/mol. The SMILES string of the molecule is Cc1ccc(C(=O)O)c(C)c1.Cc1cccc(-c2ccccc2C(C)OC[C@H](O)CNC(C)(C)Cc2cccc(Cl)c2)c1. The van der Waals surface area contributed by atoms with Crippen molar-refractivity contribution in [3.8, 4) is 11.1 Å². The minimum Gasteiger partial charge on any atom is -0.478 e. The molecule has 0 saturated carbocycles. The summed E-state index contributed by atoms with van der Waals surface area (Å²) in [6.07, 6.45) is 0.101. The highest BCUT2D eigenvalue weighted by molar-refractivity contribution is 6.30. The molecule has 0 aliphatic carbocycles. The van der Waals surface area contributed by atoms with Crippen LogP contribution in [0.25, 0.3) is 11.1 Å². The van der Waals surface area contributed by atoms with Gasteiger partial charge in [0.15, 0.2) is 0 Å². The molecule has 228 valence electrons. The molecule has 1 unspecified atom stereocenters. The highest BCUT2D eigenvalue weighted by Gasteiger charge is 2.20. The number of carbonyl (C=O) groups is 1. The molecule has 4 aromatic rings. The number of aromatic carboxylic acids is 1. The Morgan fingerprint density at radius 3 is 2.28 bits per heavy atom. The van der Waals surface area contributed by atoms with Crippen LogP contribution >= 0.6 is 11.6 Å². The molecule has 4 rings (SSSR count). The number of halogens is 1. The van der Waals surface area contributed by atoms with Gasteiger partial charge in [0.05, 0.1) is 24.4 Å². The van der Waals surface area contributed by atoms with E-state index in [4.69, 9.17) is 21.4 Å². The fourth-order valence-electron chi connectivity index (χ4n) is 5.00. The fraction of sp³-hybridized carbons (Fsp3) is 0.324. The first kappa shape index (κ1) is 34.0. The number of β-amino-alcohol motifs (C(OH)–C–C–N with tert-alkyl or cyclic N) is 1. The lowest BCUT2D eigenvalue weighted by molar-refractivity contribution is -0.00397. The standard InChI is InChI=1S/C28H34ClNO2.C9H10O2/c1-20-9-7-11-23(15-20)27-14-6-5-13-26(27)21(2)32-19-25(31)18-30-28(3,4)17-22-10-8-12-24(29)16-22;1-6-3-4-8(9(10)11)7(2)5-6/h5-16,21,25,30-31H,17-19H2,1-4H3;3-5H,1-2H3,(H,10,11)/t21?,25-;/m1./s1. The van der Waals surface area contributed by atoms with E-state index in [1.165, 1.54) is 22.3 Å². The van der Waals surface area contributed by atoms with Crippen LogP contribution in [0.4, 0.5) is 0 Å². The number of aliphatic hydroxyl groups is 1. The molecular formula is C37H44ClNO4. The monoisotopic (exact) mass is 601 g/mol. The molecule has 0 saturated heterocycles. The summed E-state index contributed by atoms with van der Waals surface area (Å²) in [6.45, 7) is 12.9. The number of hydrogen-bond acceptors (Lipinski definition) is 4. The topological polar surface area (TPSA) is 78.8 Å². The van der Waals surface area contributed by atoms with Gasteiger partial charge >= 0.3 is 5.97 Å². The van der Waals surface area contributed by atoms with Crippen LogP contribution in [0.3, 0.4) is 0 Å². The van der Waals surface area contributed by atoms with Crippen LogP contribution in [0.5, 0.6) is 0 Å². The quantitative estimate of drug-likeness (QED) is 0.161. The fourth-order valence-corrected chi connectivity index (χ4v) is 5.21. The van der Waals surface area contributed by atoms with Gasteiger partial charge in [0.2, 0.25) is 0 Å². The zero-order valence-corrected chi connectivity index (χ0v) is 26.8. The van der Waals surface area contributed by atoms with E-state index in [1.807, 2.05) is 44.2 Å². The zero-order valence-electron chi connectivity index (χ0n) is 26.0. The third-order valence-electron chi connectivity index (χ3n) is 7.23. The average Bonchev–Trinajstić information content (AvgIpc) is 2.95. The summed E-state index contributed by atoms with van der Waals surface area (Å²) in [7, 11) is 0. The molecule has 0 radical (unpaired) electrons. The van der Waals surface area contributed by atoms with Crippen LogP contribution < -0.4 is 5.32 Å². The van der Waals surface area contributed by atoms with Crippen molar-refractivity contribution < 1.29 is 19.7 Å². The van der Waals surface area contributed by atoms with Crippen molar-refractivity contribution in [2.24, 2.45) is 0 Å². The number of aryl methyl sites for hydroxylation is 3. The first-order chi connectivity index (χ1) is 20.3. The maximum Gasteiger partial charge on any atom is 0.335 e. The first-order valence-electron chi connectivity index (χ1n) is 14.6. The molecule has 2 atom stereocenters. The van der Waals surface area contributed by atoms with Crippen LogP contribution in [0, 0.1) is 20.8 Å². The van der Waals surface area contributed by atoms with E-state index < -0.39 is 12.1 Å². The Kier molecular flexibility index (Phi) is 12.5. The molecule has 0 aromatic heterocycles. The number of aliphatic hydroxyl groups excluding tert-OH is 1. The normalized spacial score (nSPS) is 12.7. The van der Waals surface area contributed by atoms with Gasteiger partial charge in [-0.25, -0.2) is 4.79 Å². The second kappa shape index (κ2) is 15.8. The van der Waals surface area contributed by atoms with E-state index in [-0.39, 0.29) is 18.2 Å². The number of carboxylic acid groups (broad SMARTS) is 1. The minimum atomic E-state index is -0.859. The largest absolute Gasteiger partial charge is 0.478 e. The highest BCUT2D eigenvalue weighted by Crippen LogP contribution is 2.30. The van der Waals surface area contributed by atoms with Crippen molar-refractivity contribution in [2.75, 3.05) is 13.2 Å². The molecule has 0 fully saturated rings. The molecular weight excluding hydrogens is 558 g/mol. The van der Waals surface area contributed by atoms with Crippen LogP contribution in [0.1, 0.15) is 65.1 Å². The first-order valence-corrected chi connectivity index (χ1v) is 15.0. The van der Waals surface area contributed by atoms with Crippen molar-refractivity contribution in [1.82, 2.24) is 5.32 Å². The highest BCUT2D eigenvalue weighted by atomic mass is 35.5. The third kappa shape index (κ3) is 10.9. The smallest absolute Gasteiger partial charge is 0.335 e. The number of nitrogens with one attached hydrogen (secondary N) is 1. The van der Waals surface area contributed by atoms with Gasteiger partial charge in [-0.15, -0.1) is 0 Å². The summed E-state index contributed by atoms with van der Waals surface area (Å²) in [6, 6.07) is 30.0. The van der Waals surface area contributed by atoms with Crippen LogP contribution in [-0.4, -0.2) is 41.0 Å². The van der Waals surface area contributed by atoms with Crippen molar-refractivity contribution in [2.45, 2.75) is 65.7 Å². The molecule has 0 amide bonds. The molecule has 0 aliphatic rings. The van der Waals surface area contributed by atoms with E-state index in [2.05, 4.69) is 74.6 Å². The van der Waals surface area contributed by atoms with Crippen molar-refractivity contribution in [3.05, 3.63) is 129 Å². The van der Waals surface area contributed by atoms with E-state index in [9.17, 15) is 9.90 Å². The van der Waals surface area contributed by atoms with Gasteiger partial charge in [0.25, 0.3) is 0 Å². The number of hydrogen-bond donors (Lipinski definition) is 3. The van der Waals surface area contributed by atoms with Gasteiger partial charge in [-0.3, -0.25) is 0 Å². The lowest BCUT2D eigenvalue weighted by atomic mass is 9.94. The third-order valence-corrected chi connectivity index (χ3v) is 7.47. The van der Waals surface area contributed by atoms with Gasteiger partial charge in [0, 0.05) is 17.1 Å². The van der Waals surface area contributed by atoms with Gasteiger partial charge in [0.1, 0.15) is 0 Å². The molecule has 4 aromatic carbocycles. The van der Waals surface area contributed by atoms with Gasteiger partial charge in [-0.1, -0.05) is 95.5 Å². The summed E-state index contributed by atoms with van der Waals surface area (Å²) in [5, 5.41) is 23.4. The van der Waals surface area contributed by atoms with E-state index in [1.54, 1.807) is 19.1 Å². The maximum atomic E-state index is 10.5. The predicted molar refractivity (Wildman–Crippen MR) is 177 cm³/mol. The summed E-state index contributed by atoms with van der Waals surface area (Å²) in [4.78, 5) is 10.5. The lowest BCUT2D eigenvalue weighted by Gasteiger charge is -2.28. The molecule has 3 N–H and O–H groups in total. The summed E-state index contributed by atoms with van der Waals surface area (Å²) in [5.74, 6) is -0.859. The Labute approximate surface area is 261 Å². The number of benzene rings is 4. The number of ether oxygens (including phenoxy) is 1. The van der Waals surface area contributed by atoms with Crippen molar-refractivity contribution in [3.63, 3.8) is 0 Å². The molecule has 43 heavy (non-hydrogen) atoms. The molecule has 6 heteroatoms. The van der Waals surface area contributed by atoms with Gasteiger partial charge in [-0.05, 0) is 94.0 Å². The van der Waals surface area contributed by atoms with Crippen molar-refractivity contribution >= 4 is 17.6 Å². The number of rotatable bonds is 11. The molecule has 0 heterocycles. The van der Waals surface area contributed by atoms with E-state index in [0.717, 1.165) is 28.1 Å². The van der Waals surface area contributed by atoms with Crippen molar-refractivity contribution in [1.29, 1.82) is 0 Å². The van der Waals surface area contributed by atoms with E-state index in [0.29, 0.717) is 12.1 Å². The van der Waals surface area contributed by atoms with Crippen LogP contribution in [0.15, 0.2) is 91.0 Å². The molecule has 5 nitrogen and oxygen atoms in total. The minimum absolute atomic E-state index is 0.124. The zero-order chi connectivity index (χ0) is 31.6. The predicted octanol–water partition coefficient (Wildman–Crippen LogP) is 8.37. The van der Waals surface area contributed by atoms with Gasteiger partial charge < -0.3 is 20.3 Å². The molecule has 0 spiro atoms. The second-order valence-electron chi connectivity index (χ2n) is 11.8. The Morgan fingerprint density at radius 2 is 1.60 bits per heavy atom. The molecule has 0 aliphatic heterocycles. The Hall–Kier alpha value is -3.48. The summed E-state index contributed by atoms with van der Waals surface area (Å²) >= 11 is 6.10. The maximum absolute atomic E-state index is 10.5. The van der Waals surface area contributed by atoms with Gasteiger partial charge in [-0.2, -0.15) is 0 Å². The summed E-state index contributed by atoms with van der Waals surface area (Å²) < 4.78 is 6.07. The van der Waals surface area contributed by atoms with Crippen LogP contribution in [-0.2, 0) is 11.2 Å². The Bertz CT molecular complexity index is 1500. The molecule has 0 bridgehead atoms. The van der Waals surface area contributed by atoms with E-state index >= 15 is 0 Å².